The second-order valence-electron chi connectivity index (χ2n) is 8.20. The van der Waals surface area contributed by atoms with Crippen LogP contribution in [0.5, 0.6) is 0 Å². The molecular weight excluding hydrogens is 445 g/mol. The van der Waals surface area contributed by atoms with Crippen molar-refractivity contribution in [3.63, 3.8) is 0 Å². The third-order valence-electron chi connectivity index (χ3n) is 6.59. The van der Waals surface area contributed by atoms with Crippen LogP contribution in [0.3, 0.4) is 0 Å². The lowest BCUT2D eigenvalue weighted by atomic mass is 9.76. The normalized spacial score (nSPS) is 20.5. The maximum atomic E-state index is 12.9. The van der Waals surface area contributed by atoms with Gasteiger partial charge in [-0.25, -0.2) is 8.42 Å². The lowest BCUT2D eigenvalue weighted by molar-refractivity contribution is 0.0166. The summed E-state index contributed by atoms with van der Waals surface area (Å²) in [6, 6.07) is 5.17. The summed E-state index contributed by atoms with van der Waals surface area (Å²) >= 11 is 6.23. The molecule has 1 saturated heterocycles. The molecule has 170 valence electrons. The van der Waals surface area contributed by atoms with Gasteiger partial charge in [-0.15, -0.1) is 12.4 Å². The highest BCUT2D eigenvalue weighted by Crippen LogP contribution is 2.39. The summed E-state index contributed by atoms with van der Waals surface area (Å²) in [7, 11) is -3.14. The molecule has 1 aromatic carbocycles. The van der Waals surface area contributed by atoms with Gasteiger partial charge >= 0.3 is 0 Å². The summed E-state index contributed by atoms with van der Waals surface area (Å²) < 4.78 is 26.0. The Kier molecular flexibility index (Phi) is 9.01. The number of anilines is 1. The molecule has 0 aromatic heterocycles. The Bertz CT molecular complexity index is 814. The van der Waals surface area contributed by atoms with Crippen LogP contribution in [0, 0.1) is 0 Å². The second kappa shape index (κ2) is 10.6. The monoisotopic (exact) mass is 477 g/mol. The number of hydrogen-bond acceptors (Lipinski definition) is 5. The molecule has 0 unspecified atom stereocenters. The minimum absolute atomic E-state index is 0. The number of piperazine rings is 1. The van der Waals surface area contributed by atoms with Crippen LogP contribution in [-0.4, -0.2) is 60.9 Å². The Hall–Kier alpha value is -0.860. The first-order valence-electron chi connectivity index (χ1n) is 10.6. The number of hydrogen-bond donors (Lipinski definition) is 1. The molecule has 6 nitrogen and oxygen atoms in total. The molecule has 0 atom stereocenters. The SMILES string of the molecule is CCS(=O)(=O)N1CCN(C2(CCC(=O)c3c(N)cccc3Cl)CCCCC2)CC1.Cl. The molecule has 1 saturated carbocycles. The van der Waals surface area contributed by atoms with E-state index in [1.54, 1.807) is 29.4 Å². The molecule has 30 heavy (non-hydrogen) atoms. The summed E-state index contributed by atoms with van der Waals surface area (Å²) in [6.07, 6.45) is 6.79. The number of halogens is 2. The first kappa shape index (κ1) is 25.4. The maximum absolute atomic E-state index is 12.9. The van der Waals surface area contributed by atoms with Crippen LogP contribution >= 0.6 is 24.0 Å². The lowest BCUT2D eigenvalue weighted by Crippen LogP contribution is -2.58. The lowest BCUT2D eigenvalue weighted by Gasteiger charge is -2.50. The van der Waals surface area contributed by atoms with Gasteiger partial charge in [-0.3, -0.25) is 9.69 Å². The molecule has 0 spiro atoms. The zero-order chi connectivity index (χ0) is 21.1. The third-order valence-corrected chi connectivity index (χ3v) is 8.79. The molecule has 0 bridgehead atoms. The molecule has 1 aliphatic carbocycles. The van der Waals surface area contributed by atoms with Crippen molar-refractivity contribution in [2.75, 3.05) is 37.7 Å². The van der Waals surface area contributed by atoms with Crippen LogP contribution in [0.25, 0.3) is 0 Å². The van der Waals surface area contributed by atoms with Gasteiger partial charge in [-0.1, -0.05) is 36.9 Å². The van der Waals surface area contributed by atoms with E-state index in [4.69, 9.17) is 17.3 Å². The zero-order valence-electron chi connectivity index (χ0n) is 17.6. The Morgan fingerprint density at radius 3 is 2.33 bits per heavy atom. The van der Waals surface area contributed by atoms with Crippen molar-refractivity contribution < 1.29 is 13.2 Å². The van der Waals surface area contributed by atoms with Crippen LogP contribution < -0.4 is 5.73 Å². The van der Waals surface area contributed by atoms with E-state index in [0.29, 0.717) is 35.8 Å². The summed E-state index contributed by atoms with van der Waals surface area (Å²) in [5.74, 6) is 0.136. The van der Waals surface area contributed by atoms with Gasteiger partial charge < -0.3 is 5.73 Å². The smallest absolute Gasteiger partial charge is 0.213 e. The maximum Gasteiger partial charge on any atom is 0.213 e. The quantitative estimate of drug-likeness (QED) is 0.474. The van der Waals surface area contributed by atoms with Crippen LogP contribution in [0.15, 0.2) is 18.2 Å². The molecule has 9 heteroatoms. The number of nitrogens with zero attached hydrogens (tertiary/aromatic N) is 2. The van der Waals surface area contributed by atoms with Gasteiger partial charge in [-0.2, -0.15) is 4.31 Å². The summed E-state index contributed by atoms with van der Waals surface area (Å²) in [6.45, 7) is 4.20. The van der Waals surface area contributed by atoms with E-state index in [0.717, 1.165) is 45.2 Å². The number of sulfonamides is 1. The minimum Gasteiger partial charge on any atom is -0.398 e. The molecule has 3 rings (SSSR count). The first-order chi connectivity index (χ1) is 13.8. The predicted molar refractivity (Wildman–Crippen MR) is 125 cm³/mol. The fraction of sp³-hybridized carbons (Fsp3) is 0.667. The van der Waals surface area contributed by atoms with Gasteiger partial charge in [0.25, 0.3) is 0 Å². The summed E-state index contributed by atoms with van der Waals surface area (Å²) in [4.78, 5) is 15.3. The Balaban J connectivity index is 0.00000320. The number of nitrogen functional groups attached to an aromatic ring is 1. The largest absolute Gasteiger partial charge is 0.398 e. The highest BCUT2D eigenvalue weighted by molar-refractivity contribution is 7.89. The standard InChI is InChI=1S/C21H32ClN3O3S.ClH/c1-2-29(27,28)25-15-13-24(14-16-25)21(10-4-3-5-11-21)12-9-19(26)20-17(22)7-6-8-18(20)23;/h6-8H,2-5,9-16,23H2,1H3;1H. The number of carbonyl (C=O) groups excluding carboxylic acids is 1. The number of carbonyl (C=O) groups is 1. The van der Waals surface area contributed by atoms with E-state index in [-0.39, 0.29) is 29.5 Å². The fourth-order valence-corrected chi connectivity index (χ4v) is 6.24. The van der Waals surface area contributed by atoms with Crippen molar-refractivity contribution in [1.82, 2.24) is 9.21 Å². The average molecular weight is 478 g/mol. The van der Waals surface area contributed by atoms with E-state index in [1.165, 1.54) is 6.42 Å². The molecular formula is C21H33Cl2N3O3S. The predicted octanol–water partition coefficient (Wildman–Crippen LogP) is 3.98. The molecule has 1 aliphatic heterocycles. The van der Waals surface area contributed by atoms with Crippen molar-refractivity contribution >= 4 is 45.5 Å². The van der Waals surface area contributed by atoms with Gasteiger partial charge in [0.05, 0.1) is 16.3 Å². The van der Waals surface area contributed by atoms with E-state index in [2.05, 4.69) is 4.90 Å². The Labute approximate surface area is 191 Å². The topological polar surface area (TPSA) is 83.7 Å². The van der Waals surface area contributed by atoms with Crippen LogP contribution in [0.1, 0.15) is 62.2 Å². The van der Waals surface area contributed by atoms with Crippen LogP contribution in [0.2, 0.25) is 5.02 Å². The highest BCUT2D eigenvalue weighted by Gasteiger charge is 2.40. The zero-order valence-corrected chi connectivity index (χ0v) is 20.0. The van der Waals surface area contributed by atoms with Gasteiger partial charge in [0.1, 0.15) is 0 Å². The molecule has 0 radical (unpaired) electrons. The minimum atomic E-state index is -3.14. The average Bonchev–Trinajstić information content (AvgIpc) is 2.73. The van der Waals surface area contributed by atoms with Crippen LogP contribution in [-0.2, 0) is 10.0 Å². The van der Waals surface area contributed by atoms with Gasteiger partial charge in [-0.05, 0) is 38.3 Å². The number of nitrogens with two attached hydrogens (primary N) is 1. The summed E-state index contributed by atoms with van der Waals surface area (Å²) in [5, 5.41) is 0.408. The van der Waals surface area contributed by atoms with Crippen molar-refractivity contribution in [3.8, 4) is 0 Å². The summed E-state index contributed by atoms with van der Waals surface area (Å²) in [5.41, 5.74) is 6.82. The van der Waals surface area contributed by atoms with Gasteiger partial charge in [0.15, 0.2) is 5.78 Å². The fourth-order valence-electron chi connectivity index (χ4n) is 4.86. The Morgan fingerprint density at radius 1 is 1.13 bits per heavy atom. The number of rotatable bonds is 7. The van der Waals surface area contributed by atoms with Gasteiger partial charge in [0, 0.05) is 43.8 Å². The van der Waals surface area contributed by atoms with E-state index < -0.39 is 10.0 Å². The van der Waals surface area contributed by atoms with E-state index in [1.807, 2.05) is 0 Å². The molecule has 2 aliphatic rings. The van der Waals surface area contributed by atoms with Crippen LogP contribution in [0.4, 0.5) is 5.69 Å². The molecule has 2 N–H and O–H groups in total. The highest BCUT2D eigenvalue weighted by atomic mass is 35.5. The van der Waals surface area contributed by atoms with Gasteiger partial charge in [0.2, 0.25) is 10.0 Å². The Morgan fingerprint density at radius 2 is 1.77 bits per heavy atom. The van der Waals surface area contributed by atoms with Crippen molar-refractivity contribution in [3.05, 3.63) is 28.8 Å². The second-order valence-corrected chi connectivity index (χ2v) is 10.9. The first-order valence-corrected chi connectivity index (χ1v) is 12.6. The molecule has 1 heterocycles. The van der Waals surface area contributed by atoms with Crippen molar-refractivity contribution in [2.45, 2.75) is 57.4 Å². The molecule has 2 fully saturated rings. The third kappa shape index (κ3) is 5.49. The molecule has 1 aromatic rings. The van der Waals surface area contributed by atoms with E-state index >= 15 is 0 Å². The van der Waals surface area contributed by atoms with E-state index in [9.17, 15) is 13.2 Å². The van der Waals surface area contributed by atoms with Crippen molar-refractivity contribution in [1.29, 1.82) is 0 Å². The number of Topliss-reactive ketones (excluding diaryl/α,β-unsaturated/α-hetero) is 1. The molecule has 0 amide bonds. The number of benzene rings is 1. The number of ketones is 1. The van der Waals surface area contributed by atoms with Crippen molar-refractivity contribution in [2.24, 2.45) is 0 Å².